The highest BCUT2D eigenvalue weighted by Gasteiger charge is 2.11. The molecule has 3 N–H and O–H groups in total. The van der Waals surface area contributed by atoms with Crippen LogP contribution >= 0.6 is 0 Å². The van der Waals surface area contributed by atoms with Gasteiger partial charge in [0.2, 0.25) is 0 Å². The number of hydrogen-bond acceptors (Lipinski definition) is 2. The lowest BCUT2D eigenvalue weighted by atomic mass is 10.2. The van der Waals surface area contributed by atoms with E-state index in [0.717, 1.165) is 25.3 Å². The van der Waals surface area contributed by atoms with Crippen LogP contribution in [0, 0.1) is 0 Å². The highest BCUT2D eigenvalue weighted by molar-refractivity contribution is 5.94. The molecule has 0 aromatic heterocycles. The number of amides is 1. The summed E-state index contributed by atoms with van der Waals surface area (Å²) in [5.74, 6) is 0.749. The van der Waals surface area contributed by atoms with Crippen molar-refractivity contribution in [2.75, 3.05) is 19.6 Å². The SMILES string of the molecule is CCNC(=NCCNC(=O)c1ccccc1)NC1CC=CC1. The van der Waals surface area contributed by atoms with Crippen LogP contribution in [0.2, 0.25) is 0 Å². The molecule has 0 heterocycles. The molecule has 0 fully saturated rings. The maximum Gasteiger partial charge on any atom is 0.251 e. The van der Waals surface area contributed by atoms with E-state index < -0.39 is 0 Å². The lowest BCUT2D eigenvalue weighted by Crippen LogP contribution is -2.42. The van der Waals surface area contributed by atoms with Crippen molar-refractivity contribution in [2.45, 2.75) is 25.8 Å². The molecule has 1 amide bonds. The topological polar surface area (TPSA) is 65.5 Å². The monoisotopic (exact) mass is 300 g/mol. The number of guanidine groups is 1. The fourth-order valence-corrected chi connectivity index (χ4v) is 2.28. The Hall–Kier alpha value is -2.30. The molecule has 0 unspecified atom stereocenters. The molecule has 22 heavy (non-hydrogen) atoms. The zero-order chi connectivity index (χ0) is 15.6. The standard InChI is InChI=1S/C17H24N4O/c1-2-18-17(21-15-10-6-7-11-15)20-13-12-19-16(22)14-8-4-3-5-9-14/h3-9,15H,2,10-13H2,1H3,(H,19,22)(H2,18,20,21). The molecule has 2 rings (SSSR count). The van der Waals surface area contributed by atoms with Crippen LogP contribution in [0.4, 0.5) is 0 Å². The second kappa shape index (κ2) is 8.87. The maximum atomic E-state index is 11.9. The second-order valence-electron chi connectivity index (χ2n) is 5.17. The molecule has 0 bridgehead atoms. The molecule has 118 valence electrons. The quantitative estimate of drug-likeness (QED) is 0.324. The maximum absolute atomic E-state index is 11.9. The lowest BCUT2D eigenvalue weighted by Gasteiger charge is -2.16. The van der Waals surface area contributed by atoms with Crippen molar-refractivity contribution >= 4 is 11.9 Å². The molecule has 0 saturated carbocycles. The van der Waals surface area contributed by atoms with Crippen molar-refractivity contribution in [3.63, 3.8) is 0 Å². The Morgan fingerprint density at radius 2 is 1.91 bits per heavy atom. The van der Waals surface area contributed by atoms with Crippen molar-refractivity contribution < 1.29 is 4.79 Å². The molecule has 5 heteroatoms. The highest BCUT2D eigenvalue weighted by Crippen LogP contribution is 2.08. The van der Waals surface area contributed by atoms with Crippen molar-refractivity contribution in [3.05, 3.63) is 48.0 Å². The zero-order valence-corrected chi connectivity index (χ0v) is 13.0. The van der Waals surface area contributed by atoms with Gasteiger partial charge in [-0.15, -0.1) is 0 Å². The molecule has 0 radical (unpaired) electrons. The summed E-state index contributed by atoms with van der Waals surface area (Å²) in [7, 11) is 0. The van der Waals surface area contributed by atoms with E-state index in [2.05, 4.69) is 33.1 Å². The van der Waals surface area contributed by atoms with E-state index in [4.69, 9.17) is 0 Å². The highest BCUT2D eigenvalue weighted by atomic mass is 16.1. The molecule has 0 saturated heterocycles. The molecule has 1 aromatic rings. The molecule has 1 aromatic carbocycles. The number of nitrogens with zero attached hydrogens (tertiary/aromatic N) is 1. The van der Waals surface area contributed by atoms with Gasteiger partial charge in [-0.25, -0.2) is 0 Å². The van der Waals surface area contributed by atoms with Gasteiger partial charge in [-0.1, -0.05) is 30.4 Å². The van der Waals surface area contributed by atoms with Gasteiger partial charge in [-0.2, -0.15) is 0 Å². The molecule has 0 aliphatic heterocycles. The minimum absolute atomic E-state index is 0.0613. The van der Waals surface area contributed by atoms with E-state index in [1.54, 1.807) is 12.1 Å². The van der Waals surface area contributed by atoms with Crippen LogP contribution in [0.5, 0.6) is 0 Å². The number of rotatable bonds is 6. The van der Waals surface area contributed by atoms with Crippen LogP contribution in [-0.2, 0) is 0 Å². The van der Waals surface area contributed by atoms with E-state index in [-0.39, 0.29) is 5.91 Å². The third-order valence-corrected chi connectivity index (χ3v) is 3.40. The normalized spacial score (nSPS) is 14.9. The summed E-state index contributed by atoms with van der Waals surface area (Å²) in [5.41, 5.74) is 0.675. The van der Waals surface area contributed by atoms with Gasteiger partial charge < -0.3 is 16.0 Å². The van der Waals surface area contributed by atoms with Gasteiger partial charge in [0.1, 0.15) is 0 Å². The summed E-state index contributed by atoms with van der Waals surface area (Å²) < 4.78 is 0. The Balaban J connectivity index is 1.74. The van der Waals surface area contributed by atoms with Gasteiger partial charge in [0.15, 0.2) is 5.96 Å². The smallest absolute Gasteiger partial charge is 0.251 e. The van der Waals surface area contributed by atoms with Crippen molar-refractivity contribution in [2.24, 2.45) is 4.99 Å². The number of nitrogens with one attached hydrogen (secondary N) is 3. The van der Waals surface area contributed by atoms with Crippen LogP contribution in [0.25, 0.3) is 0 Å². The Labute approximate surface area is 131 Å². The Morgan fingerprint density at radius 3 is 2.59 bits per heavy atom. The Bertz CT molecular complexity index is 517. The predicted octanol–water partition coefficient (Wildman–Crippen LogP) is 1.69. The van der Waals surface area contributed by atoms with Crippen molar-refractivity contribution in [1.82, 2.24) is 16.0 Å². The van der Waals surface area contributed by atoms with Gasteiger partial charge >= 0.3 is 0 Å². The first kappa shape index (κ1) is 16.1. The average molecular weight is 300 g/mol. The molecular weight excluding hydrogens is 276 g/mol. The summed E-state index contributed by atoms with van der Waals surface area (Å²) in [6, 6.07) is 9.64. The second-order valence-corrected chi connectivity index (χ2v) is 5.17. The lowest BCUT2D eigenvalue weighted by molar-refractivity contribution is 0.0955. The molecule has 0 atom stereocenters. The largest absolute Gasteiger partial charge is 0.357 e. The van der Waals surface area contributed by atoms with Gasteiger partial charge in [0, 0.05) is 24.7 Å². The number of aliphatic imine (C=N–C) groups is 1. The summed E-state index contributed by atoms with van der Waals surface area (Å²) in [5, 5.41) is 9.50. The van der Waals surface area contributed by atoms with Gasteiger partial charge in [-0.05, 0) is 31.9 Å². The fraction of sp³-hybridized carbons (Fsp3) is 0.412. The van der Waals surface area contributed by atoms with E-state index in [1.165, 1.54) is 0 Å². The number of carbonyl (C=O) groups excluding carboxylic acids is 1. The predicted molar refractivity (Wildman–Crippen MR) is 90.1 cm³/mol. The molecule has 0 spiro atoms. The molecule has 5 nitrogen and oxygen atoms in total. The van der Waals surface area contributed by atoms with Crippen LogP contribution < -0.4 is 16.0 Å². The Morgan fingerprint density at radius 1 is 1.18 bits per heavy atom. The minimum atomic E-state index is -0.0613. The van der Waals surface area contributed by atoms with Crippen molar-refractivity contribution in [3.8, 4) is 0 Å². The molecular formula is C17H24N4O. The molecule has 1 aliphatic rings. The fourth-order valence-electron chi connectivity index (χ4n) is 2.28. The first-order valence-corrected chi connectivity index (χ1v) is 7.82. The van der Waals surface area contributed by atoms with E-state index >= 15 is 0 Å². The van der Waals surface area contributed by atoms with E-state index in [0.29, 0.717) is 24.7 Å². The van der Waals surface area contributed by atoms with Gasteiger partial charge in [0.25, 0.3) is 5.91 Å². The summed E-state index contributed by atoms with van der Waals surface area (Å²) >= 11 is 0. The Kier molecular flexibility index (Phi) is 6.48. The van der Waals surface area contributed by atoms with Crippen LogP contribution in [0.1, 0.15) is 30.1 Å². The minimum Gasteiger partial charge on any atom is -0.357 e. The summed E-state index contributed by atoms with van der Waals surface area (Å²) in [6.07, 6.45) is 6.44. The molecule has 1 aliphatic carbocycles. The average Bonchev–Trinajstić information content (AvgIpc) is 3.05. The number of benzene rings is 1. The summed E-state index contributed by atoms with van der Waals surface area (Å²) in [4.78, 5) is 16.4. The first-order chi connectivity index (χ1) is 10.8. The van der Waals surface area contributed by atoms with Crippen molar-refractivity contribution in [1.29, 1.82) is 0 Å². The third kappa shape index (κ3) is 5.24. The summed E-state index contributed by atoms with van der Waals surface area (Å²) in [6.45, 7) is 3.94. The van der Waals surface area contributed by atoms with E-state index in [1.807, 2.05) is 25.1 Å². The van der Waals surface area contributed by atoms with Crippen LogP contribution in [0.15, 0.2) is 47.5 Å². The van der Waals surface area contributed by atoms with Crippen LogP contribution in [-0.4, -0.2) is 37.5 Å². The van der Waals surface area contributed by atoms with E-state index in [9.17, 15) is 4.79 Å². The van der Waals surface area contributed by atoms with Crippen LogP contribution in [0.3, 0.4) is 0 Å². The van der Waals surface area contributed by atoms with Gasteiger partial charge in [-0.3, -0.25) is 9.79 Å². The first-order valence-electron chi connectivity index (χ1n) is 7.82. The zero-order valence-electron chi connectivity index (χ0n) is 13.0. The van der Waals surface area contributed by atoms with Gasteiger partial charge in [0.05, 0.1) is 6.54 Å². The number of carbonyl (C=O) groups is 1. The third-order valence-electron chi connectivity index (χ3n) is 3.40. The number of hydrogen-bond donors (Lipinski definition) is 3.